The number of fused-ring (bicyclic) bond motifs is 3. The van der Waals surface area contributed by atoms with Crippen LogP contribution in [0.25, 0.3) is 32.3 Å². The van der Waals surface area contributed by atoms with E-state index in [2.05, 4.69) is 20.5 Å². The molecule has 0 aliphatic heterocycles. The van der Waals surface area contributed by atoms with Gasteiger partial charge in [-0.2, -0.15) is 8.42 Å². The zero-order valence-corrected chi connectivity index (χ0v) is 36.7. The van der Waals surface area contributed by atoms with Crippen molar-refractivity contribution < 1.29 is 120 Å². The van der Waals surface area contributed by atoms with Crippen molar-refractivity contribution in [2.24, 2.45) is 20.5 Å². The van der Waals surface area contributed by atoms with E-state index in [1.807, 2.05) is 19.1 Å². The van der Waals surface area contributed by atoms with Crippen LogP contribution in [0.5, 0.6) is 23.0 Å². The molecular formula is C37H26CrN6Na2O11S+2. The van der Waals surface area contributed by atoms with Crippen LogP contribution in [0, 0.1) is 27.2 Å². The molecule has 282 valence electrons. The molecule has 0 unspecified atom stereocenters. The topological polar surface area (TPSA) is 271 Å². The number of azo groups is 2. The summed E-state index contributed by atoms with van der Waals surface area (Å²) in [7, 11) is -4.81. The molecule has 7 aromatic rings. The molecule has 58 heavy (non-hydrogen) atoms. The van der Waals surface area contributed by atoms with Gasteiger partial charge in [0.15, 0.2) is 5.75 Å². The molecule has 0 aliphatic carbocycles. The van der Waals surface area contributed by atoms with Gasteiger partial charge in [-0.1, -0.05) is 54.6 Å². The number of phenols is 4. The molecule has 21 heteroatoms. The summed E-state index contributed by atoms with van der Waals surface area (Å²) < 4.78 is 33.0. The average molecular weight is 861 g/mol. The number of hydrogen-bond acceptors (Lipinski definition) is 14. The van der Waals surface area contributed by atoms with Crippen molar-refractivity contribution in [1.82, 2.24) is 0 Å². The third-order valence-electron chi connectivity index (χ3n) is 8.29. The van der Waals surface area contributed by atoms with E-state index in [1.165, 1.54) is 24.3 Å². The second kappa shape index (κ2) is 19.6. The van der Waals surface area contributed by atoms with Gasteiger partial charge in [-0.25, -0.2) is 0 Å². The Kier molecular flexibility index (Phi) is 16.0. The maximum absolute atomic E-state index is 11.7. The Morgan fingerprint density at radius 2 is 1.09 bits per heavy atom. The molecule has 0 aliphatic rings. The fourth-order valence-corrected chi connectivity index (χ4v) is 6.35. The van der Waals surface area contributed by atoms with E-state index in [9.17, 15) is 53.6 Å². The molecular weight excluding hydrogens is 834 g/mol. The van der Waals surface area contributed by atoms with Crippen LogP contribution in [0.15, 0.2) is 135 Å². The van der Waals surface area contributed by atoms with Gasteiger partial charge in [0.05, 0.1) is 9.85 Å². The molecule has 0 amide bonds. The number of nitrogens with zero attached hydrogens (tertiary/aromatic N) is 6. The van der Waals surface area contributed by atoms with Crippen LogP contribution in [0.1, 0.15) is 5.56 Å². The number of aryl methyl sites for hydroxylation is 1. The summed E-state index contributed by atoms with van der Waals surface area (Å²) in [5.41, 5.74) is 0.376. The Balaban J connectivity index is 0.000000304. The van der Waals surface area contributed by atoms with Crippen molar-refractivity contribution in [3.05, 3.63) is 135 Å². The van der Waals surface area contributed by atoms with Crippen molar-refractivity contribution in [1.29, 1.82) is 0 Å². The SMILES string of the molecule is Cc1cc(N=Nc2cc([N+](=O)[O-])ccc2O)c(O)c2ccccc12.O=[N+]([O-])c1ccc2c(N=Nc3c(O)ccc4ccccc34)c(O)cc(S(=O)(=O)O)c2c1.[Cr].[Na+].[Na+]. The van der Waals surface area contributed by atoms with Gasteiger partial charge in [0.2, 0.25) is 0 Å². The van der Waals surface area contributed by atoms with Gasteiger partial charge in [0.25, 0.3) is 21.5 Å². The van der Waals surface area contributed by atoms with Gasteiger partial charge in [0.1, 0.15) is 44.9 Å². The van der Waals surface area contributed by atoms with Crippen molar-refractivity contribution in [3.8, 4) is 23.0 Å². The fourth-order valence-electron chi connectivity index (χ4n) is 5.64. The molecule has 17 nitrogen and oxygen atoms in total. The molecule has 0 radical (unpaired) electrons. The second-order valence-electron chi connectivity index (χ2n) is 11.8. The Morgan fingerprint density at radius 1 is 0.552 bits per heavy atom. The van der Waals surface area contributed by atoms with Crippen LogP contribution in [0.3, 0.4) is 0 Å². The minimum Gasteiger partial charge on any atom is -0.506 e. The third kappa shape index (κ3) is 10.1. The van der Waals surface area contributed by atoms with Gasteiger partial charge in [0, 0.05) is 69.2 Å². The van der Waals surface area contributed by atoms with Gasteiger partial charge >= 0.3 is 59.1 Å². The van der Waals surface area contributed by atoms with E-state index >= 15 is 0 Å². The summed E-state index contributed by atoms with van der Waals surface area (Å²) >= 11 is 0. The smallest absolute Gasteiger partial charge is 0.506 e. The maximum atomic E-state index is 11.7. The standard InChI is InChI=1S/C20H13N3O7S.C17H13N3O4.Cr.2Na/c24-16-8-5-11-3-1-2-4-13(11)19(16)21-22-20-14-7-6-12(23(26)27)9-15(14)18(10-17(20)25)31(28,29)30;1-10-8-15(17(22)13-5-3-2-4-12(10)13)19-18-14-9-11(20(23)24)6-7-16(14)21;;;/h1-10,24-25H,(H,28,29,30);2-9,21-22H,1H3;;;/q;;;2*+1. The molecule has 0 atom stereocenters. The van der Waals surface area contributed by atoms with Crippen LogP contribution in [0.4, 0.5) is 34.1 Å². The number of rotatable bonds is 7. The first-order valence-corrected chi connectivity index (χ1v) is 17.2. The monoisotopic (exact) mass is 860 g/mol. The Bertz CT molecular complexity index is 2900. The average Bonchev–Trinajstić information content (AvgIpc) is 3.15. The van der Waals surface area contributed by atoms with Crippen molar-refractivity contribution in [3.63, 3.8) is 0 Å². The summed E-state index contributed by atoms with van der Waals surface area (Å²) in [6.07, 6.45) is 0. The van der Waals surface area contributed by atoms with Gasteiger partial charge in [-0.05, 0) is 47.5 Å². The molecule has 0 spiro atoms. The zero-order valence-electron chi connectivity index (χ0n) is 30.6. The summed E-state index contributed by atoms with van der Waals surface area (Å²) in [5.74, 6) is -1.07. The van der Waals surface area contributed by atoms with Crippen molar-refractivity contribution in [2.75, 3.05) is 0 Å². The molecule has 7 aromatic carbocycles. The number of hydrogen-bond donors (Lipinski definition) is 5. The minimum atomic E-state index is -4.81. The Labute approximate surface area is 383 Å². The van der Waals surface area contributed by atoms with Gasteiger partial charge in [-0.3, -0.25) is 24.8 Å². The number of aromatic hydroxyl groups is 4. The first kappa shape index (κ1) is 47.3. The molecule has 7 rings (SSSR count). The van der Waals surface area contributed by atoms with Gasteiger partial charge in [-0.15, -0.1) is 20.5 Å². The van der Waals surface area contributed by atoms with E-state index < -0.39 is 36.3 Å². The van der Waals surface area contributed by atoms with E-state index in [-0.39, 0.29) is 133 Å². The molecule has 0 aromatic heterocycles. The number of nitro groups is 2. The maximum Gasteiger partial charge on any atom is 1.00 e. The molecule has 0 heterocycles. The molecule has 0 fully saturated rings. The fraction of sp³-hybridized carbons (Fsp3) is 0.0270. The summed E-state index contributed by atoms with van der Waals surface area (Å²) in [4.78, 5) is 19.9. The molecule has 0 bridgehead atoms. The number of benzene rings is 7. The summed E-state index contributed by atoms with van der Waals surface area (Å²) in [5, 5.41) is 81.0. The van der Waals surface area contributed by atoms with E-state index in [0.717, 1.165) is 40.6 Å². The van der Waals surface area contributed by atoms with Crippen LogP contribution in [0.2, 0.25) is 0 Å². The Hall–Kier alpha value is -5.04. The van der Waals surface area contributed by atoms with Crippen molar-refractivity contribution in [2.45, 2.75) is 11.8 Å². The molecule has 0 saturated carbocycles. The Morgan fingerprint density at radius 3 is 1.72 bits per heavy atom. The number of non-ortho nitro benzene ring substituents is 2. The van der Waals surface area contributed by atoms with E-state index in [0.29, 0.717) is 10.8 Å². The minimum absolute atomic E-state index is 0. The van der Waals surface area contributed by atoms with Crippen LogP contribution in [-0.4, -0.2) is 43.2 Å². The molecule has 0 saturated heterocycles. The normalized spacial score (nSPS) is 11.1. The summed E-state index contributed by atoms with van der Waals surface area (Å²) in [6, 6.07) is 26.6. The van der Waals surface area contributed by atoms with Crippen molar-refractivity contribution >= 4 is 76.6 Å². The predicted molar refractivity (Wildman–Crippen MR) is 201 cm³/mol. The zero-order chi connectivity index (χ0) is 39.6. The molecule has 5 N–H and O–H groups in total. The van der Waals surface area contributed by atoms with E-state index in [4.69, 9.17) is 0 Å². The van der Waals surface area contributed by atoms with E-state index in [1.54, 1.807) is 48.5 Å². The second-order valence-corrected chi connectivity index (χ2v) is 13.2. The van der Waals surface area contributed by atoms with Crippen LogP contribution in [-0.2, 0) is 27.5 Å². The third-order valence-corrected chi connectivity index (χ3v) is 9.18. The van der Waals surface area contributed by atoms with Crippen LogP contribution < -0.4 is 59.1 Å². The van der Waals surface area contributed by atoms with Crippen LogP contribution >= 0.6 is 0 Å². The number of nitro benzene ring substituents is 2. The quantitative estimate of drug-likeness (QED) is 0.0505. The number of phenolic OH excluding ortho intramolecular Hbond substituents is 4. The largest absolute Gasteiger partial charge is 1.00 e. The van der Waals surface area contributed by atoms with Gasteiger partial charge < -0.3 is 20.4 Å². The predicted octanol–water partition coefficient (Wildman–Crippen LogP) is 3.86. The first-order valence-electron chi connectivity index (χ1n) is 15.8. The summed E-state index contributed by atoms with van der Waals surface area (Å²) in [6.45, 7) is 1.88. The first-order chi connectivity index (χ1) is 26.1.